The molecule has 2 nitrogen and oxygen atoms in total. The summed E-state index contributed by atoms with van der Waals surface area (Å²) in [5.74, 6) is -0.286. The van der Waals surface area contributed by atoms with Crippen LogP contribution in [0.5, 0.6) is 0 Å². The van der Waals surface area contributed by atoms with E-state index in [0.29, 0.717) is 5.56 Å². The molecular formula is C12H10O2. The summed E-state index contributed by atoms with van der Waals surface area (Å²) in [7, 11) is 0. The second-order valence-corrected chi connectivity index (χ2v) is 3.03. The van der Waals surface area contributed by atoms with Crippen LogP contribution < -0.4 is 0 Å². The summed E-state index contributed by atoms with van der Waals surface area (Å²) in [4.78, 5) is 11.5. The number of carbonyl (C=O) groups excluding carboxylic acids is 1. The lowest BCUT2D eigenvalue weighted by Crippen LogP contribution is -2.09. The van der Waals surface area contributed by atoms with Gasteiger partial charge in [-0.15, -0.1) is 0 Å². The molecule has 0 saturated heterocycles. The molecule has 0 fully saturated rings. The van der Waals surface area contributed by atoms with Gasteiger partial charge in [0.25, 0.3) is 0 Å². The average Bonchev–Trinajstić information content (AvgIpc) is 2.15. The molecule has 0 radical (unpaired) electrons. The first-order valence-corrected chi connectivity index (χ1v) is 4.42. The minimum absolute atomic E-state index is 0.256. The highest BCUT2D eigenvalue weighted by Crippen LogP contribution is 2.27. The minimum atomic E-state index is -0.286. The Morgan fingerprint density at radius 3 is 2.93 bits per heavy atom. The van der Waals surface area contributed by atoms with E-state index in [2.05, 4.69) is 6.58 Å². The van der Waals surface area contributed by atoms with Gasteiger partial charge in [0.2, 0.25) is 0 Å². The van der Waals surface area contributed by atoms with Gasteiger partial charge in [-0.3, -0.25) is 0 Å². The molecule has 0 N–H and O–H groups in total. The molecule has 0 saturated carbocycles. The van der Waals surface area contributed by atoms with Crippen LogP contribution in [0.3, 0.4) is 0 Å². The molecule has 14 heavy (non-hydrogen) atoms. The molecule has 0 aromatic heterocycles. The summed E-state index contributed by atoms with van der Waals surface area (Å²) < 4.78 is 4.96. The third kappa shape index (κ3) is 1.35. The first-order valence-electron chi connectivity index (χ1n) is 4.42. The zero-order valence-corrected chi connectivity index (χ0v) is 7.69. The number of esters is 1. The van der Waals surface area contributed by atoms with Gasteiger partial charge in [-0.25, -0.2) is 4.79 Å². The highest BCUT2D eigenvalue weighted by molar-refractivity contribution is 6.00. The maximum absolute atomic E-state index is 11.5. The van der Waals surface area contributed by atoms with Crippen LogP contribution in [0.25, 0.3) is 12.2 Å². The molecule has 0 unspecified atom stereocenters. The molecule has 0 atom stereocenters. The molecular weight excluding hydrogens is 176 g/mol. The largest absolute Gasteiger partial charge is 0.458 e. The van der Waals surface area contributed by atoms with Crippen LogP contribution in [-0.4, -0.2) is 12.6 Å². The van der Waals surface area contributed by atoms with E-state index in [-0.39, 0.29) is 12.6 Å². The van der Waals surface area contributed by atoms with Gasteiger partial charge < -0.3 is 4.74 Å². The molecule has 1 aromatic carbocycles. The van der Waals surface area contributed by atoms with Crippen molar-refractivity contribution in [2.24, 2.45) is 0 Å². The number of hydrogen-bond donors (Lipinski definition) is 0. The van der Waals surface area contributed by atoms with Crippen molar-refractivity contribution in [2.45, 2.75) is 0 Å². The topological polar surface area (TPSA) is 26.3 Å². The monoisotopic (exact) mass is 186 g/mol. The van der Waals surface area contributed by atoms with E-state index < -0.39 is 0 Å². The van der Waals surface area contributed by atoms with Crippen molar-refractivity contribution < 1.29 is 9.53 Å². The van der Waals surface area contributed by atoms with Crippen LogP contribution in [0.4, 0.5) is 0 Å². The number of ether oxygens (including phenoxy) is 1. The zero-order valence-electron chi connectivity index (χ0n) is 7.69. The Labute approximate surface area is 82.5 Å². The third-order valence-electron chi connectivity index (χ3n) is 2.12. The number of hydrogen-bond acceptors (Lipinski definition) is 2. The first kappa shape index (κ1) is 8.75. The third-order valence-corrected chi connectivity index (χ3v) is 2.12. The number of rotatable bonds is 3. The minimum Gasteiger partial charge on any atom is -0.458 e. The second-order valence-electron chi connectivity index (χ2n) is 3.03. The molecule has 1 aliphatic carbocycles. The summed E-state index contributed by atoms with van der Waals surface area (Å²) in [6.07, 6.45) is 5.45. The highest BCUT2D eigenvalue weighted by Gasteiger charge is 2.16. The molecule has 70 valence electrons. The molecule has 0 bridgehead atoms. The van der Waals surface area contributed by atoms with Gasteiger partial charge in [0, 0.05) is 0 Å². The maximum Gasteiger partial charge on any atom is 0.339 e. The van der Waals surface area contributed by atoms with Gasteiger partial charge in [-0.05, 0) is 17.2 Å². The van der Waals surface area contributed by atoms with E-state index in [4.69, 9.17) is 4.74 Å². The van der Waals surface area contributed by atoms with Crippen LogP contribution in [0.1, 0.15) is 21.5 Å². The van der Waals surface area contributed by atoms with Crippen molar-refractivity contribution in [1.29, 1.82) is 0 Å². The van der Waals surface area contributed by atoms with Gasteiger partial charge in [-0.2, -0.15) is 0 Å². The van der Waals surface area contributed by atoms with E-state index >= 15 is 0 Å². The molecule has 0 amide bonds. The van der Waals surface area contributed by atoms with Gasteiger partial charge in [0.15, 0.2) is 0 Å². The highest BCUT2D eigenvalue weighted by atomic mass is 16.5. The fourth-order valence-corrected chi connectivity index (χ4v) is 1.38. The van der Waals surface area contributed by atoms with E-state index in [1.165, 1.54) is 0 Å². The lowest BCUT2D eigenvalue weighted by molar-refractivity contribution is 0.0549. The summed E-state index contributed by atoms with van der Waals surface area (Å²) in [5, 5.41) is 0. The van der Waals surface area contributed by atoms with Gasteiger partial charge in [0.1, 0.15) is 6.61 Å². The fraction of sp³-hybridized carbons (Fsp3) is 0.0833. The van der Waals surface area contributed by atoms with Gasteiger partial charge >= 0.3 is 5.97 Å². The Balaban J connectivity index is 2.21. The summed E-state index contributed by atoms with van der Waals surface area (Å²) in [6.45, 7) is 3.75. The number of benzene rings is 1. The number of carbonyl (C=O) groups is 1. The lowest BCUT2D eigenvalue weighted by atomic mass is 9.93. The molecule has 1 aliphatic rings. The molecule has 1 aromatic rings. The standard InChI is InChI=1S/C12H10O2/c1-2-8-14-12(13)11-5-3-4-9-6-7-10(9)11/h2-7H,1,8H2. The van der Waals surface area contributed by atoms with Crippen LogP contribution in [0, 0.1) is 0 Å². The van der Waals surface area contributed by atoms with Crippen molar-refractivity contribution in [3.05, 3.63) is 47.5 Å². The summed E-state index contributed by atoms with van der Waals surface area (Å²) in [6, 6.07) is 5.60. The molecule has 0 heterocycles. The SMILES string of the molecule is C=CCOC(=O)c1cccc2c1C=C2. The van der Waals surface area contributed by atoms with E-state index in [1.54, 1.807) is 12.1 Å². The van der Waals surface area contributed by atoms with Crippen molar-refractivity contribution in [1.82, 2.24) is 0 Å². The predicted molar refractivity (Wildman–Crippen MR) is 55.8 cm³/mol. The zero-order chi connectivity index (χ0) is 9.97. The fourth-order valence-electron chi connectivity index (χ4n) is 1.38. The Kier molecular flexibility index (Phi) is 2.19. The van der Waals surface area contributed by atoms with E-state index in [1.807, 2.05) is 24.3 Å². The quantitative estimate of drug-likeness (QED) is 0.543. The smallest absolute Gasteiger partial charge is 0.339 e. The molecule has 0 spiro atoms. The van der Waals surface area contributed by atoms with Crippen LogP contribution in [0.15, 0.2) is 30.9 Å². The Bertz CT molecular complexity index is 416. The van der Waals surface area contributed by atoms with Crippen molar-refractivity contribution in [3.63, 3.8) is 0 Å². The first-order chi connectivity index (χ1) is 6.83. The van der Waals surface area contributed by atoms with Crippen molar-refractivity contribution in [2.75, 3.05) is 6.61 Å². The second kappa shape index (κ2) is 3.50. The normalized spacial score (nSPS) is 11.4. The molecule has 0 aliphatic heterocycles. The number of fused-ring (bicyclic) bond motifs is 1. The Morgan fingerprint density at radius 2 is 2.29 bits per heavy atom. The molecule has 2 heteroatoms. The lowest BCUT2D eigenvalue weighted by Gasteiger charge is -2.13. The summed E-state index contributed by atoms with van der Waals surface area (Å²) in [5.41, 5.74) is 2.70. The van der Waals surface area contributed by atoms with Gasteiger partial charge in [0.05, 0.1) is 5.56 Å². The van der Waals surface area contributed by atoms with E-state index in [9.17, 15) is 4.79 Å². The van der Waals surface area contributed by atoms with Crippen LogP contribution >= 0.6 is 0 Å². The average molecular weight is 186 g/mol. The predicted octanol–water partition coefficient (Wildman–Crippen LogP) is 2.51. The summed E-state index contributed by atoms with van der Waals surface area (Å²) >= 11 is 0. The Morgan fingerprint density at radius 1 is 1.43 bits per heavy atom. The van der Waals surface area contributed by atoms with Crippen LogP contribution in [0.2, 0.25) is 0 Å². The Hall–Kier alpha value is -1.83. The van der Waals surface area contributed by atoms with Crippen LogP contribution in [-0.2, 0) is 4.74 Å². The maximum atomic E-state index is 11.5. The van der Waals surface area contributed by atoms with Crippen molar-refractivity contribution in [3.8, 4) is 0 Å². The van der Waals surface area contributed by atoms with Gasteiger partial charge in [-0.1, -0.05) is 36.9 Å². The van der Waals surface area contributed by atoms with E-state index in [0.717, 1.165) is 11.1 Å². The van der Waals surface area contributed by atoms with Crippen molar-refractivity contribution >= 4 is 18.1 Å². The molecule has 2 rings (SSSR count).